The van der Waals surface area contributed by atoms with E-state index in [1.165, 1.54) is 36.3 Å². The van der Waals surface area contributed by atoms with E-state index >= 15 is 0 Å². The molecule has 0 fully saturated rings. The molecule has 126 valence electrons. The number of ether oxygens (including phenoxy) is 1. The van der Waals surface area contributed by atoms with Crippen molar-refractivity contribution in [3.05, 3.63) is 59.4 Å². The van der Waals surface area contributed by atoms with Gasteiger partial charge in [0.05, 0.1) is 0 Å². The van der Waals surface area contributed by atoms with Gasteiger partial charge in [-0.05, 0) is 37.1 Å². The van der Waals surface area contributed by atoms with Crippen molar-refractivity contribution in [2.75, 3.05) is 0 Å². The first kappa shape index (κ1) is 16.8. The minimum Gasteiger partial charge on any atom is -0.447 e. The average Bonchev–Trinajstić information content (AvgIpc) is 2.95. The molecule has 2 heterocycles. The molecular formula is C17H14F3NO2S. The fraction of sp³-hybridized carbons (Fsp3) is 0.294. The maximum Gasteiger partial charge on any atom is 0.429 e. The van der Waals surface area contributed by atoms with E-state index in [1.54, 1.807) is 0 Å². The van der Waals surface area contributed by atoms with Crippen LogP contribution in [-0.4, -0.2) is 22.4 Å². The molecule has 0 N–H and O–H groups in total. The summed E-state index contributed by atoms with van der Waals surface area (Å²) >= 11 is 1.25. The van der Waals surface area contributed by atoms with Crippen molar-refractivity contribution in [3.8, 4) is 0 Å². The highest BCUT2D eigenvalue weighted by Gasteiger charge is 2.45. The Balaban J connectivity index is 1.76. The SMILES string of the molecule is Cc1ccc2c(c1)SC(C(=O)OC(c1ccncc1)C(F)(F)F)C2. The van der Waals surface area contributed by atoms with Gasteiger partial charge in [0.15, 0.2) is 0 Å². The molecule has 1 aliphatic rings. The number of fused-ring (bicyclic) bond motifs is 1. The van der Waals surface area contributed by atoms with E-state index in [4.69, 9.17) is 4.74 Å². The van der Waals surface area contributed by atoms with Crippen LogP contribution < -0.4 is 0 Å². The van der Waals surface area contributed by atoms with Crippen LogP contribution in [0.15, 0.2) is 47.6 Å². The number of alkyl halides is 3. The van der Waals surface area contributed by atoms with Crippen molar-refractivity contribution in [1.29, 1.82) is 0 Å². The number of thioether (sulfide) groups is 1. The molecule has 0 spiro atoms. The number of rotatable bonds is 3. The summed E-state index contributed by atoms with van der Waals surface area (Å²) in [5, 5.41) is -0.659. The predicted molar refractivity (Wildman–Crippen MR) is 83.7 cm³/mol. The largest absolute Gasteiger partial charge is 0.447 e. The summed E-state index contributed by atoms with van der Waals surface area (Å²) in [5.74, 6) is -0.854. The van der Waals surface area contributed by atoms with E-state index in [2.05, 4.69) is 4.98 Å². The number of hydrogen-bond acceptors (Lipinski definition) is 4. The van der Waals surface area contributed by atoms with Crippen LogP contribution in [0, 0.1) is 6.92 Å². The van der Waals surface area contributed by atoms with Gasteiger partial charge in [-0.15, -0.1) is 11.8 Å². The summed E-state index contributed by atoms with van der Waals surface area (Å²) in [6.45, 7) is 1.93. The molecule has 7 heteroatoms. The van der Waals surface area contributed by atoms with Crippen LogP contribution in [0.4, 0.5) is 13.2 Å². The molecule has 0 saturated heterocycles. The van der Waals surface area contributed by atoms with Gasteiger partial charge in [-0.3, -0.25) is 9.78 Å². The molecule has 2 unspecified atom stereocenters. The van der Waals surface area contributed by atoms with Crippen LogP contribution >= 0.6 is 11.8 Å². The topological polar surface area (TPSA) is 39.2 Å². The molecule has 3 nitrogen and oxygen atoms in total. The molecule has 1 aromatic carbocycles. The van der Waals surface area contributed by atoms with E-state index < -0.39 is 23.5 Å². The van der Waals surface area contributed by atoms with Crippen LogP contribution in [-0.2, 0) is 16.0 Å². The van der Waals surface area contributed by atoms with Gasteiger partial charge in [0.25, 0.3) is 0 Å². The highest BCUT2D eigenvalue weighted by atomic mass is 32.2. The smallest absolute Gasteiger partial charge is 0.429 e. The molecule has 0 radical (unpaired) electrons. The number of halogens is 3. The minimum absolute atomic E-state index is 0.137. The van der Waals surface area contributed by atoms with E-state index in [9.17, 15) is 18.0 Å². The molecule has 3 rings (SSSR count). The van der Waals surface area contributed by atoms with Crippen LogP contribution in [0.25, 0.3) is 0 Å². The summed E-state index contributed by atoms with van der Waals surface area (Å²) in [5.41, 5.74) is 1.86. The van der Waals surface area contributed by atoms with Gasteiger partial charge in [0, 0.05) is 22.9 Å². The van der Waals surface area contributed by atoms with Gasteiger partial charge in [-0.25, -0.2) is 0 Å². The maximum absolute atomic E-state index is 13.3. The number of aryl methyl sites for hydroxylation is 1. The fourth-order valence-electron chi connectivity index (χ4n) is 2.52. The first-order chi connectivity index (χ1) is 11.3. The first-order valence-corrected chi connectivity index (χ1v) is 8.16. The Bertz CT molecular complexity index is 749. The lowest BCUT2D eigenvalue weighted by molar-refractivity contribution is -0.223. The van der Waals surface area contributed by atoms with Gasteiger partial charge in [-0.2, -0.15) is 13.2 Å². The molecule has 1 aliphatic heterocycles. The van der Waals surface area contributed by atoms with E-state index in [0.717, 1.165) is 16.0 Å². The number of nitrogens with zero attached hydrogens (tertiary/aromatic N) is 1. The molecule has 1 aromatic heterocycles. The van der Waals surface area contributed by atoms with Crippen molar-refractivity contribution < 1.29 is 22.7 Å². The molecular weight excluding hydrogens is 339 g/mol. The third kappa shape index (κ3) is 3.56. The van der Waals surface area contributed by atoms with Gasteiger partial charge < -0.3 is 4.74 Å². The summed E-state index contributed by atoms with van der Waals surface area (Å²) in [6.07, 6.45) is -4.10. The van der Waals surface area contributed by atoms with E-state index in [-0.39, 0.29) is 5.56 Å². The van der Waals surface area contributed by atoms with Crippen LogP contribution in [0.1, 0.15) is 22.8 Å². The third-order valence-electron chi connectivity index (χ3n) is 3.70. The molecule has 0 amide bonds. The Labute approximate surface area is 141 Å². The Hall–Kier alpha value is -2.02. The first-order valence-electron chi connectivity index (χ1n) is 7.28. The van der Waals surface area contributed by atoms with E-state index in [1.807, 2.05) is 25.1 Å². The molecule has 2 aromatic rings. The zero-order valence-electron chi connectivity index (χ0n) is 12.7. The Morgan fingerprint density at radius 2 is 2.00 bits per heavy atom. The van der Waals surface area contributed by atoms with Crippen molar-refractivity contribution >= 4 is 17.7 Å². The lowest BCUT2D eigenvalue weighted by atomic mass is 10.1. The van der Waals surface area contributed by atoms with Crippen LogP contribution in [0.5, 0.6) is 0 Å². The fourth-order valence-corrected chi connectivity index (χ4v) is 3.80. The highest BCUT2D eigenvalue weighted by Crippen LogP contribution is 2.41. The number of carbonyl (C=O) groups is 1. The molecule has 0 aliphatic carbocycles. The number of aromatic nitrogens is 1. The third-order valence-corrected chi connectivity index (χ3v) is 4.98. The lowest BCUT2D eigenvalue weighted by Crippen LogP contribution is -2.30. The zero-order chi connectivity index (χ0) is 17.3. The summed E-state index contributed by atoms with van der Waals surface area (Å²) in [4.78, 5) is 16.9. The second-order valence-electron chi connectivity index (χ2n) is 5.56. The van der Waals surface area contributed by atoms with Gasteiger partial charge >= 0.3 is 12.1 Å². The lowest BCUT2D eigenvalue weighted by Gasteiger charge is -2.22. The molecule has 24 heavy (non-hydrogen) atoms. The highest BCUT2D eigenvalue weighted by molar-refractivity contribution is 8.01. The number of pyridine rings is 1. The van der Waals surface area contributed by atoms with Crippen molar-refractivity contribution in [2.24, 2.45) is 0 Å². The minimum atomic E-state index is -4.68. The quantitative estimate of drug-likeness (QED) is 0.773. The second-order valence-corrected chi connectivity index (χ2v) is 6.81. The summed E-state index contributed by atoms with van der Waals surface area (Å²) in [7, 11) is 0. The molecule has 0 saturated carbocycles. The number of hydrogen-bond donors (Lipinski definition) is 0. The standard InChI is InChI=1S/C17H14F3NO2S/c1-10-2-3-12-9-14(24-13(12)8-10)16(22)23-15(17(18,19)20)11-4-6-21-7-5-11/h2-8,14-15H,9H2,1H3. The second kappa shape index (κ2) is 6.47. The maximum atomic E-state index is 13.3. The van der Waals surface area contributed by atoms with Crippen molar-refractivity contribution in [2.45, 2.75) is 35.8 Å². The zero-order valence-corrected chi connectivity index (χ0v) is 13.5. The Morgan fingerprint density at radius 1 is 1.29 bits per heavy atom. The number of carbonyl (C=O) groups excluding carboxylic acids is 1. The Kier molecular flexibility index (Phi) is 4.54. The summed E-state index contributed by atoms with van der Waals surface area (Å²) < 4.78 is 44.6. The van der Waals surface area contributed by atoms with Crippen LogP contribution in [0.3, 0.4) is 0 Å². The summed E-state index contributed by atoms with van der Waals surface area (Å²) in [6, 6.07) is 8.14. The van der Waals surface area contributed by atoms with Crippen molar-refractivity contribution in [3.63, 3.8) is 0 Å². The Morgan fingerprint density at radius 3 is 2.67 bits per heavy atom. The van der Waals surface area contributed by atoms with Crippen molar-refractivity contribution in [1.82, 2.24) is 4.98 Å². The van der Waals surface area contributed by atoms with Gasteiger partial charge in [0.1, 0.15) is 5.25 Å². The number of benzene rings is 1. The van der Waals surface area contributed by atoms with Crippen LogP contribution in [0.2, 0.25) is 0 Å². The predicted octanol–water partition coefficient (Wildman–Crippen LogP) is 4.25. The average molecular weight is 353 g/mol. The van der Waals surface area contributed by atoms with E-state index in [0.29, 0.717) is 6.42 Å². The van der Waals surface area contributed by atoms with Gasteiger partial charge in [0.2, 0.25) is 6.10 Å². The number of esters is 1. The normalized spacial score (nSPS) is 18.1. The molecule has 0 bridgehead atoms. The monoisotopic (exact) mass is 353 g/mol. The molecule has 2 atom stereocenters. The van der Waals surface area contributed by atoms with Gasteiger partial charge in [-0.1, -0.05) is 17.7 Å².